The fourth-order valence-corrected chi connectivity index (χ4v) is 1.34. The van der Waals surface area contributed by atoms with Crippen LogP contribution in [-0.2, 0) is 4.79 Å². The van der Waals surface area contributed by atoms with Crippen LogP contribution in [0.1, 0.15) is 13.3 Å². The molecule has 1 N–H and O–H groups in total. The van der Waals surface area contributed by atoms with Crippen molar-refractivity contribution in [3.63, 3.8) is 0 Å². The van der Waals surface area contributed by atoms with E-state index >= 15 is 0 Å². The molecule has 0 atom stereocenters. The zero-order chi connectivity index (χ0) is 12.0. The monoisotopic (exact) mass is 239 g/mol. The first-order chi connectivity index (χ1) is 7.67. The molecule has 0 radical (unpaired) electrons. The maximum absolute atomic E-state index is 11.0. The van der Waals surface area contributed by atoms with Gasteiger partial charge in [-0.05, 0) is 30.7 Å². The molecule has 0 aliphatic carbocycles. The number of amides is 1. The zero-order valence-electron chi connectivity index (χ0n) is 9.13. The van der Waals surface area contributed by atoms with Crippen LogP contribution in [0, 0.1) is 0 Å². The Morgan fingerprint density at radius 2 is 2.38 bits per heavy atom. The Labute approximate surface area is 100 Å². The standard InChI is InChI=1S/C12H14ClNO2/c1-3-7-16-11-6-5-9(8-10(11)13)14-12(15)4-2/h4-6,8H,2-3,7H2,1H3,(H,14,15). The van der Waals surface area contributed by atoms with E-state index in [2.05, 4.69) is 11.9 Å². The zero-order valence-corrected chi connectivity index (χ0v) is 9.88. The first-order valence-corrected chi connectivity index (χ1v) is 5.41. The smallest absolute Gasteiger partial charge is 0.247 e. The number of anilines is 1. The average Bonchev–Trinajstić information content (AvgIpc) is 2.28. The van der Waals surface area contributed by atoms with Crippen LogP contribution >= 0.6 is 11.6 Å². The van der Waals surface area contributed by atoms with Gasteiger partial charge in [-0.2, -0.15) is 0 Å². The minimum Gasteiger partial charge on any atom is -0.492 e. The summed E-state index contributed by atoms with van der Waals surface area (Å²) in [6.45, 7) is 6.01. The molecule has 0 unspecified atom stereocenters. The van der Waals surface area contributed by atoms with Gasteiger partial charge in [0.05, 0.1) is 11.6 Å². The third-order valence-electron chi connectivity index (χ3n) is 1.85. The second-order valence-electron chi connectivity index (χ2n) is 3.19. The van der Waals surface area contributed by atoms with Crippen molar-refractivity contribution in [1.82, 2.24) is 0 Å². The maximum atomic E-state index is 11.0. The summed E-state index contributed by atoms with van der Waals surface area (Å²) in [5.74, 6) is 0.360. The van der Waals surface area contributed by atoms with Crippen molar-refractivity contribution in [3.8, 4) is 5.75 Å². The quantitative estimate of drug-likeness (QED) is 0.801. The highest BCUT2D eigenvalue weighted by Gasteiger charge is 2.04. The van der Waals surface area contributed by atoms with Crippen LogP contribution in [0.4, 0.5) is 5.69 Å². The van der Waals surface area contributed by atoms with Gasteiger partial charge in [0.2, 0.25) is 5.91 Å². The highest BCUT2D eigenvalue weighted by molar-refractivity contribution is 6.32. The topological polar surface area (TPSA) is 38.3 Å². The van der Waals surface area contributed by atoms with E-state index in [4.69, 9.17) is 16.3 Å². The number of rotatable bonds is 5. The van der Waals surface area contributed by atoms with Gasteiger partial charge in [0, 0.05) is 5.69 Å². The van der Waals surface area contributed by atoms with E-state index < -0.39 is 0 Å². The van der Waals surface area contributed by atoms with E-state index in [1.807, 2.05) is 6.92 Å². The molecule has 0 aromatic heterocycles. The molecular weight excluding hydrogens is 226 g/mol. The van der Waals surface area contributed by atoms with Crippen LogP contribution in [0.25, 0.3) is 0 Å². The first kappa shape index (κ1) is 12.6. The lowest BCUT2D eigenvalue weighted by Gasteiger charge is -2.08. The summed E-state index contributed by atoms with van der Waals surface area (Å²) in [6.07, 6.45) is 2.13. The highest BCUT2D eigenvalue weighted by atomic mass is 35.5. The molecule has 1 amide bonds. The van der Waals surface area contributed by atoms with Gasteiger partial charge in [-0.25, -0.2) is 0 Å². The van der Waals surface area contributed by atoms with Gasteiger partial charge in [0.1, 0.15) is 5.75 Å². The summed E-state index contributed by atoms with van der Waals surface area (Å²) < 4.78 is 5.41. The van der Waals surface area contributed by atoms with Crippen LogP contribution < -0.4 is 10.1 Å². The SMILES string of the molecule is C=CC(=O)Nc1ccc(OCCC)c(Cl)c1. The van der Waals surface area contributed by atoms with Crippen LogP contribution in [0.5, 0.6) is 5.75 Å². The lowest BCUT2D eigenvalue weighted by Crippen LogP contribution is -2.07. The Bertz CT molecular complexity index is 391. The summed E-state index contributed by atoms with van der Waals surface area (Å²) in [7, 11) is 0. The first-order valence-electron chi connectivity index (χ1n) is 5.03. The summed E-state index contributed by atoms with van der Waals surface area (Å²) >= 11 is 5.99. The van der Waals surface area contributed by atoms with E-state index in [1.165, 1.54) is 6.08 Å². The molecule has 4 heteroatoms. The van der Waals surface area contributed by atoms with E-state index in [0.717, 1.165) is 6.42 Å². The molecule has 1 aromatic rings. The summed E-state index contributed by atoms with van der Waals surface area (Å²) in [5, 5.41) is 3.10. The minimum absolute atomic E-state index is 0.265. The van der Waals surface area contributed by atoms with Gasteiger partial charge in [0.15, 0.2) is 0 Å². The van der Waals surface area contributed by atoms with Crippen molar-refractivity contribution in [2.24, 2.45) is 0 Å². The Morgan fingerprint density at radius 1 is 1.62 bits per heavy atom. The second kappa shape index (κ2) is 6.18. The molecule has 0 heterocycles. The van der Waals surface area contributed by atoms with E-state index in [9.17, 15) is 4.79 Å². The fraction of sp³-hybridized carbons (Fsp3) is 0.250. The molecule has 0 aliphatic heterocycles. The largest absolute Gasteiger partial charge is 0.492 e. The molecule has 0 bridgehead atoms. The molecule has 1 rings (SSSR count). The number of hydrogen-bond donors (Lipinski definition) is 1. The van der Waals surface area contributed by atoms with Gasteiger partial charge in [-0.15, -0.1) is 0 Å². The number of benzene rings is 1. The number of hydrogen-bond acceptors (Lipinski definition) is 2. The lowest BCUT2D eigenvalue weighted by atomic mass is 10.3. The van der Waals surface area contributed by atoms with Gasteiger partial charge in [-0.1, -0.05) is 25.1 Å². The van der Waals surface area contributed by atoms with Crippen LogP contribution in [0.15, 0.2) is 30.9 Å². The highest BCUT2D eigenvalue weighted by Crippen LogP contribution is 2.27. The van der Waals surface area contributed by atoms with Crippen molar-refractivity contribution >= 4 is 23.2 Å². The third-order valence-corrected chi connectivity index (χ3v) is 2.14. The van der Waals surface area contributed by atoms with Crippen LogP contribution in [0.3, 0.4) is 0 Å². The maximum Gasteiger partial charge on any atom is 0.247 e. The number of ether oxygens (including phenoxy) is 1. The summed E-state index contributed by atoms with van der Waals surface area (Å²) in [5.41, 5.74) is 0.624. The molecule has 16 heavy (non-hydrogen) atoms. The number of halogens is 1. The van der Waals surface area contributed by atoms with Gasteiger partial charge in [0.25, 0.3) is 0 Å². The Balaban J connectivity index is 2.74. The lowest BCUT2D eigenvalue weighted by molar-refractivity contribution is -0.111. The van der Waals surface area contributed by atoms with Gasteiger partial charge in [-0.3, -0.25) is 4.79 Å². The fourth-order valence-electron chi connectivity index (χ4n) is 1.10. The molecule has 0 fully saturated rings. The molecule has 0 saturated carbocycles. The Morgan fingerprint density at radius 3 is 2.94 bits per heavy atom. The minimum atomic E-state index is -0.265. The van der Waals surface area contributed by atoms with Crippen molar-refractivity contribution in [2.75, 3.05) is 11.9 Å². The number of nitrogens with one attached hydrogen (secondary N) is 1. The van der Waals surface area contributed by atoms with Crippen molar-refractivity contribution in [3.05, 3.63) is 35.9 Å². The summed E-state index contributed by atoms with van der Waals surface area (Å²) in [4.78, 5) is 11.0. The molecule has 0 spiro atoms. The van der Waals surface area contributed by atoms with Gasteiger partial charge >= 0.3 is 0 Å². The normalized spacial score (nSPS) is 9.62. The Hall–Kier alpha value is -1.48. The van der Waals surface area contributed by atoms with Crippen molar-refractivity contribution < 1.29 is 9.53 Å². The molecule has 3 nitrogen and oxygen atoms in total. The van der Waals surface area contributed by atoms with Crippen LogP contribution in [-0.4, -0.2) is 12.5 Å². The Kier molecular flexibility index (Phi) is 4.86. The second-order valence-corrected chi connectivity index (χ2v) is 3.59. The number of carbonyl (C=O) groups is 1. The average molecular weight is 240 g/mol. The molecule has 1 aromatic carbocycles. The van der Waals surface area contributed by atoms with Gasteiger partial charge < -0.3 is 10.1 Å². The van der Waals surface area contributed by atoms with E-state index in [-0.39, 0.29) is 5.91 Å². The summed E-state index contributed by atoms with van der Waals surface area (Å²) in [6, 6.07) is 5.11. The van der Waals surface area contributed by atoms with Crippen molar-refractivity contribution in [2.45, 2.75) is 13.3 Å². The number of carbonyl (C=O) groups excluding carboxylic acids is 1. The van der Waals surface area contributed by atoms with Crippen LogP contribution in [0.2, 0.25) is 5.02 Å². The molecule has 86 valence electrons. The predicted octanol–water partition coefficient (Wildman–Crippen LogP) is 3.25. The predicted molar refractivity (Wildman–Crippen MR) is 66.1 cm³/mol. The van der Waals surface area contributed by atoms with Crippen molar-refractivity contribution in [1.29, 1.82) is 0 Å². The van der Waals surface area contributed by atoms with E-state index in [1.54, 1.807) is 18.2 Å². The third kappa shape index (κ3) is 3.59. The molecular formula is C12H14ClNO2. The molecule has 0 aliphatic rings. The molecule has 0 saturated heterocycles. The van der Waals surface area contributed by atoms with E-state index in [0.29, 0.717) is 23.1 Å².